The van der Waals surface area contributed by atoms with Crippen LogP contribution in [0.15, 0.2) is 70.6 Å². The standard InChI is InChI=1S/C27H33N3O2S/c1-20(2)19-29-15-7-14-25-24(29)13-8-16-30(25)26-12-6-9-21-17-23(18-28-27(21)26)33(31,32)22-10-4-3-5-11-22/h3-6,9-12,17-18,20,24-25H,7-8,13-16,19H2,1-2H3. The minimum absolute atomic E-state index is 0.246. The van der Waals surface area contributed by atoms with E-state index in [4.69, 9.17) is 4.98 Å². The van der Waals surface area contributed by atoms with Crippen LogP contribution in [0.2, 0.25) is 0 Å². The van der Waals surface area contributed by atoms with Gasteiger partial charge in [0.1, 0.15) is 0 Å². The molecule has 5 rings (SSSR count). The molecule has 2 unspecified atom stereocenters. The van der Waals surface area contributed by atoms with Crippen molar-refractivity contribution in [2.45, 2.75) is 61.4 Å². The van der Waals surface area contributed by atoms with E-state index in [1.807, 2.05) is 18.2 Å². The van der Waals surface area contributed by atoms with Crippen LogP contribution in [0.1, 0.15) is 39.5 Å². The molecule has 0 aliphatic carbocycles. The van der Waals surface area contributed by atoms with Crippen molar-refractivity contribution in [2.24, 2.45) is 5.92 Å². The molecule has 6 heteroatoms. The zero-order valence-electron chi connectivity index (χ0n) is 19.5. The number of rotatable bonds is 5. The summed E-state index contributed by atoms with van der Waals surface area (Å²) in [5.41, 5.74) is 2.03. The lowest BCUT2D eigenvalue weighted by Gasteiger charge is -2.50. The predicted octanol–water partition coefficient (Wildman–Crippen LogP) is 5.16. The molecule has 3 aromatic rings. The van der Waals surface area contributed by atoms with E-state index in [1.54, 1.807) is 30.3 Å². The average Bonchev–Trinajstić information content (AvgIpc) is 2.83. The SMILES string of the molecule is CC(C)CN1CCCC2C1CCCN2c1cccc2cc(S(=O)(=O)c3ccccc3)cnc12. The molecule has 0 amide bonds. The molecular formula is C27H33N3O2S. The van der Waals surface area contributed by atoms with Crippen molar-refractivity contribution in [1.29, 1.82) is 0 Å². The number of para-hydroxylation sites is 1. The van der Waals surface area contributed by atoms with Gasteiger partial charge in [-0.25, -0.2) is 8.42 Å². The van der Waals surface area contributed by atoms with Gasteiger partial charge in [0.05, 0.1) is 21.0 Å². The molecule has 33 heavy (non-hydrogen) atoms. The molecule has 5 nitrogen and oxygen atoms in total. The topological polar surface area (TPSA) is 53.5 Å². The smallest absolute Gasteiger partial charge is 0.208 e. The van der Waals surface area contributed by atoms with Crippen LogP contribution in [0, 0.1) is 5.92 Å². The lowest BCUT2D eigenvalue weighted by Crippen LogP contribution is -2.59. The van der Waals surface area contributed by atoms with Crippen molar-refractivity contribution in [3.63, 3.8) is 0 Å². The first kappa shape index (κ1) is 22.4. The monoisotopic (exact) mass is 463 g/mol. The Labute approximate surface area is 197 Å². The number of aromatic nitrogens is 1. The zero-order valence-corrected chi connectivity index (χ0v) is 20.3. The second-order valence-corrected chi connectivity index (χ2v) is 11.8. The minimum Gasteiger partial charge on any atom is -0.365 e. The van der Waals surface area contributed by atoms with Gasteiger partial charge in [0, 0.05) is 36.8 Å². The van der Waals surface area contributed by atoms with E-state index >= 15 is 0 Å². The molecule has 0 saturated carbocycles. The first-order chi connectivity index (χ1) is 15.9. The summed E-state index contributed by atoms with van der Waals surface area (Å²) in [6.07, 6.45) is 6.39. The Morgan fingerprint density at radius 2 is 1.70 bits per heavy atom. The van der Waals surface area contributed by atoms with E-state index in [-0.39, 0.29) is 4.90 Å². The number of fused-ring (bicyclic) bond motifs is 2. The summed E-state index contributed by atoms with van der Waals surface area (Å²) in [6.45, 7) is 7.99. The quantitative estimate of drug-likeness (QED) is 0.523. The summed E-state index contributed by atoms with van der Waals surface area (Å²) in [5.74, 6) is 0.670. The largest absolute Gasteiger partial charge is 0.365 e. The number of piperidine rings is 2. The summed E-state index contributed by atoms with van der Waals surface area (Å²) < 4.78 is 26.2. The van der Waals surface area contributed by atoms with Crippen LogP contribution in [0.25, 0.3) is 10.9 Å². The molecule has 0 radical (unpaired) electrons. The third-order valence-electron chi connectivity index (χ3n) is 7.10. The zero-order chi connectivity index (χ0) is 23.0. The number of hydrogen-bond acceptors (Lipinski definition) is 5. The second-order valence-electron chi connectivity index (χ2n) is 9.84. The fourth-order valence-electron chi connectivity index (χ4n) is 5.71. The van der Waals surface area contributed by atoms with Gasteiger partial charge in [-0.15, -0.1) is 0 Å². The fourth-order valence-corrected chi connectivity index (χ4v) is 6.98. The first-order valence-corrected chi connectivity index (χ1v) is 13.6. The first-order valence-electron chi connectivity index (χ1n) is 12.1. The number of hydrogen-bond donors (Lipinski definition) is 0. The molecule has 0 spiro atoms. The Morgan fingerprint density at radius 3 is 2.48 bits per heavy atom. The summed E-state index contributed by atoms with van der Waals surface area (Å²) in [5, 5.41) is 0.876. The molecule has 2 fully saturated rings. The third kappa shape index (κ3) is 4.26. The number of benzene rings is 2. The number of nitrogens with zero attached hydrogens (tertiary/aromatic N) is 3. The van der Waals surface area contributed by atoms with Gasteiger partial charge in [0.15, 0.2) is 0 Å². The molecular weight excluding hydrogens is 430 g/mol. The summed E-state index contributed by atoms with van der Waals surface area (Å²) in [7, 11) is -3.59. The Morgan fingerprint density at radius 1 is 0.939 bits per heavy atom. The van der Waals surface area contributed by atoms with Gasteiger partial charge >= 0.3 is 0 Å². The maximum Gasteiger partial charge on any atom is 0.208 e. The number of sulfone groups is 1. The van der Waals surface area contributed by atoms with Crippen molar-refractivity contribution in [2.75, 3.05) is 24.5 Å². The highest BCUT2D eigenvalue weighted by Crippen LogP contribution is 2.37. The Kier molecular flexibility index (Phi) is 6.14. The molecule has 3 heterocycles. The molecule has 2 saturated heterocycles. The van der Waals surface area contributed by atoms with Gasteiger partial charge < -0.3 is 4.90 Å². The summed E-state index contributed by atoms with van der Waals surface area (Å²) in [6, 6.07) is 17.6. The second kappa shape index (κ2) is 9.07. The third-order valence-corrected chi connectivity index (χ3v) is 8.83. The molecule has 2 aliphatic rings. The maximum atomic E-state index is 13.1. The van der Waals surface area contributed by atoms with Crippen LogP contribution >= 0.6 is 0 Å². The Hall–Kier alpha value is -2.44. The highest BCUT2D eigenvalue weighted by molar-refractivity contribution is 7.91. The highest BCUT2D eigenvalue weighted by Gasteiger charge is 2.38. The normalized spacial score (nSPS) is 22.0. The van der Waals surface area contributed by atoms with Crippen LogP contribution in [0.4, 0.5) is 5.69 Å². The van der Waals surface area contributed by atoms with E-state index in [0.717, 1.165) is 29.7 Å². The number of likely N-dealkylation sites (tertiary alicyclic amines) is 1. The van der Waals surface area contributed by atoms with Crippen LogP contribution in [0.5, 0.6) is 0 Å². The van der Waals surface area contributed by atoms with Crippen molar-refractivity contribution < 1.29 is 8.42 Å². The highest BCUT2D eigenvalue weighted by atomic mass is 32.2. The fraction of sp³-hybridized carbons (Fsp3) is 0.444. The van der Waals surface area contributed by atoms with E-state index in [1.165, 1.54) is 38.4 Å². The van der Waals surface area contributed by atoms with Crippen LogP contribution in [0.3, 0.4) is 0 Å². The van der Waals surface area contributed by atoms with Gasteiger partial charge in [0.25, 0.3) is 0 Å². The molecule has 0 N–H and O–H groups in total. The average molecular weight is 464 g/mol. The molecule has 2 atom stereocenters. The van der Waals surface area contributed by atoms with Crippen LogP contribution < -0.4 is 4.90 Å². The Bertz CT molecular complexity index is 1230. The van der Waals surface area contributed by atoms with Gasteiger partial charge in [0.2, 0.25) is 9.84 Å². The van der Waals surface area contributed by atoms with E-state index < -0.39 is 9.84 Å². The minimum atomic E-state index is -3.59. The lowest BCUT2D eigenvalue weighted by molar-refractivity contribution is 0.0902. The summed E-state index contributed by atoms with van der Waals surface area (Å²) in [4.78, 5) is 10.5. The van der Waals surface area contributed by atoms with Crippen LogP contribution in [-0.2, 0) is 9.84 Å². The lowest BCUT2D eigenvalue weighted by atomic mass is 9.86. The molecule has 2 aliphatic heterocycles. The molecule has 174 valence electrons. The van der Waals surface area contributed by atoms with E-state index in [0.29, 0.717) is 22.9 Å². The predicted molar refractivity (Wildman–Crippen MR) is 133 cm³/mol. The van der Waals surface area contributed by atoms with Crippen molar-refractivity contribution >= 4 is 26.4 Å². The van der Waals surface area contributed by atoms with Gasteiger partial charge in [-0.2, -0.15) is 0 Å². The summed E-state index contributed by atoms with van der Waals surface area (Å²) >= 11 is 0. The van der Waals surface area contributed by atoms with Gasteiger partial charge in [-0.1, -0.05) is 44.2 Å². The number of anilines is 1. The van der Waals surface area contributed by atoms with Crippen molar-refractivity contribution in [1.82, 2.24) is 9.88 Å². The van der Waals surface area contributed by atoms with Crippen molar-refractivity contribution in [3.05, 3.63) is 60.8 Å². The molecule has 1 aromatic heterocycles. The Balaban J connectivity index is 1.50. The number of pyridine rings is 1. The van der Waals surface area contributed by atoms with E-state index in [9.17, 15) is 8.42 Å². The van der Waals surface area contributed by atoms with Gasteiger partial charge in [-0.3, -0.25) is 9.88 Å². The molecule has 0 bridgehead atoms. The van der Waals surface area contributed by atoms with Crippen molar-refractivity contribution in [3.8, 4) is 0 Å². The maximum absolute atomic E-state index is 13.1. The molecule has 2 aromatic carbocycles. The van der Waals surface area contributed by atoms with E-state index in [2.05, 4.69) is 29.7 Å². The van der Waals surface area contributed by atoms with Crippen LogP contribution in [-0.4, -0.2) is 50.0 Å². The van der Waals surface area contributed by atoms with Gasteiger partial charge in [-0.05, 0) is 62.4 Å².